The average Bonchev–Trinajstić information content (AvgIpc) is 2.47. The second kappa shape index (κ2) is 6.51. The molecule has 0 radical (unpaired) electrons. The highest BCUT2D eigenvalue weighted by atomic mass is 127. The second-order valence-corrected chi connectivity index (χ2v) is 5.06. The normalized spacial score (nSPS) is 9.90. The molecule has 0 saturated carbocycles. The zero-order chi connectivity index (χ0) is 14.5. The average molecular weight is 382 g/mol. The molecular formula is C15H11IO4. The summed E-state index contributed by atoms with van der Waals surface area (Å²) in [6.07, 6.45) is 0.684. The lowest BCUT2D eigenvalue weighted by Crippen LogP contribution is -2.11. The third-order valence-corrected chi connectivity index (χ3v) is 3.56. The Morgan fingerprint density at radius 3 is 2.55 bits per heavy atom. The van der Waals surface area contributed by atoms with E-state index < -0.39 is 5.97 Å². The molecule has 0 amide bonds. The molecule has 0 aliphatic heterocycles. The quantitative estimate of drug-likeness (QED) is 0.352. The monoisotopic (exact) mass is 382 g/mol. The Morgan fingerprint density at radius 1 is 1.15 bits per heavy atom. The number of hydrogen-bond acceptors (Lipinski definition) is 4. The van der Waals surface area contributed by atoms with E-state index in [9.17, 15) is 9.59 Å². The topological polar surface area (TPSA) is 52.6 Å². The van der Waals surface area contributed by atoms with Crippen LogP contribution < -0.4 is 9.47 Å². The zero-order valence-electron chi connectivity index (χ0n) is 10.6. The molecule has 0 atom stereocenters. The van der Waals surface area contributed by atoms with E-state index in [0.29, 0.717) is 23.2 Å². The predicted octanol–water partition coefficient (Wildman–Crippen LogP) is 3.33. The fourth-order valence-corrected chi connectivity index (χ4v) is 2.24. The van der Waals surface area contributed by atoms with Crippen LogP contribution in [0, 0.1) is 3.57 Å². The lowest BCUT2D eigenvalue weighted by molar-refractivity contribution is 0.0728. The molecule has 0 saturated heterocycles. The van der Waals surface area contributed by atoms with Crippen molar-refractivity contribution in [3.63, 3.8) is 0 Å². The van der Waals surface area contributed by atoms with Crippen molar-refractivity contribution in [3.8, 4) is 11.5 Å². The number of methoxy groups -OCH3 is 1. The summed E-state index contributed by atoms with van der Waals surface area (Å²) in [6, 6.07) is 11.7. The number of rotatable bonds is 4. The van der Waals surface area contributed by atoms with E-state index in [-0.39, 0.29) is 5.75 Å². The third kappa shape index (κ3) is 3.16. The lowest BCUT2D eigenvalue weighted by Gasteiger charge is -2.10. The van der Waals surface area contributed by atoms with Crippen LogP contribution in [-0.4, -0.2) is 19.4 Å². The number of halogens is 1. The van der Waals surface area contributed by atoms with Gasteiger partial charge in [0.1, 0.15) is 6.29 Å². The van der Waals surface area contributed by atoms with Crippen molar-refractivity contribution in [2.24, 2.45) is 0 Å². The summed E-state index contributed by atoms with van der Waals surface area (Å²) in [7, 11) is 1.47. The maximum Gasteiger partial charge on any atom is 0.344 e. The second-order valence-electron chi connectivity index (χ2n) is 3.90. The lowest BCUT2D eigenvalue weighted by atomic mass is 10.2. The van der Waals surface area contributed by atoms with Crippen molar-refractivity contribution in [1.29, 1.82) is 0 Å². The van der Waals surface area contributed by atoms with E-state index in [1.807, 2.05) is 12.1 Å². The number of carbonyl (C=O) groups is 2. The van der Waals surface area contributed by atoms with Crippen LogP contribution in [0.3, 0.4) is 0 Å². The minimum Gasteiger partial charge on any atom is -0.493 e. The van der Waals surface area contributed by atoms with E-state index in [4.69, 9.17) is 9.47 Å². The first-order chi connectivity index (χ1) is 9.65. The molecule has 0 bridgehead atoms. The van der Waals surface area contributed by atoms with Gasteiger partial charge in [-0.2, -0.15) is 0 Å². The maximum atomic E-state index is 12.1. The fourth-order valence-electron chi connectivity index (χ4n) is 1.63. The molecule has 0 heterocycles. The van der Waals surface area contributed by atoms with E-state index >= 15 is 0 Å². The van der Waals surface area contributed by atoms with Crippen LogP contribution >= 0.6 is 22.6 Å². The molecule has 20 heavy (non-hydrogen) atoms. The van der Waals surface area contributed by atoms with Gasteiger partial charge in [-0.15, -0.1) is 0 Å². The molecule has 102 valence electrons. The molecule has 0 spiro atoms. The number of ether oxygens (including phenoxy) is 2. The van der Waals surface area contributed by atoms with Gasteiger partial charge in [-0.1, -0.05) is 12.1 Å². The summed E-state index contributed by atoms with van der Waals surface area (Å²) < 4.78 is 11.2. The smallest absolute Gasteiger partial charge is 0.344 e. The van der Waals surface area contributed by atoms with Gasteiger partial charge in [0.2, 0.25) is 0 Å². The van der Waals surface area contributed by atoms with Gasteiger partial charge < -0.3 is 9.47 Å². The zero-order valence-corrected chi connectivity index (χ0v) is 12.8. The van der Waals surface area contributed by atoms with Gasteiger partial charge >= 0.3 is 5.97 Å². The van der Waals surface area contributed by atoms with Crippen molar-refractivity contribution in [3.05, 3.63) is 57.2 Å². The highest BCUT2D eigenvalue weighted by Crippen LogP contribution is 2.28. The summed E-state index contributed by atoms with van der Waals surface area (Å²) in [4.78, 5) is 22.9. The Balaban J connectivity index is 2.32. The van der Waals surface area contributed by atoms with E-state index in [0.717, 1.165) is 3.57 Å². The Labute approximate surface area is 129 Å². The SMILES string of the molecule is COc1ccc(C=O)cc1OC(=O)c1ccccc1I. The van der Waals surface area contributed by atoms with Gasteiger partial charge in [0.05, 0.1) is 12.7 Å². The molecular weight excluding hydrogens is 371 g/mol. The van der Waals surface area contributed by atoms with Crippen molar-refractivity contribution in [2.45, 2.75) is 0 Å². The van der Waals surface area contributed by atoms with Crippen molar-refractivity contribution < 1.29 is 19.1 Å². The number of aldehydes is 1. The summed E-state index contributed by atoms with van der Waals surface area (Å²) in [5.41, 5.74) is 0.878. The van der Waals surface area contributed by atoms with E-state index in [2.05, 4.69) is 22.6 Å². The minimum atomic E-state index is -0.489. The summed E-state index contributed by atoms with van der Waals surface area (Å²) in [6.45, 7) is 0. The van der Waals surface area contributed by atoms with Gasteiger partial charge in [-0.05, 0) is 52.9 Å². The molecule has 2 rings (SSSR count). The van der Waals surface area contributed by atoms with Gasteiger partial charge in [0, 0.05) is 9.13 Å². The van der Waals surface area contributed by atoms with Crippen LogP contribution in [0.1, 0.15) is 20.7 Å². The molecule has 0 aromatic heterocycles. The maximum absolute atomic E-state index is 12.1. The van der Waals surface area contributed by atoms with Gasteiger partial charge in [-0.3, -0.25) is 4.79 Å². The molecule has 0 N–H and O–H groups in total. The van der Waals surface area contributed by atoms with Crippen LogP contribution in [-0.2, 0) is 0 Å². The predicted molar refractivity (Wildman–Crippen MR) is 82.5 cm³/mol. The van der Waals surface area contributed by atoms with Crippen LogP contribution in [0.4, 0.5) is 0 Å². The number of esters is 1. The van der Waals surface area contributed by atoms with Crippen molar-refractivity contribution in [1.82, 2.24) is 0 Å². The summed E-state index contributed by atoms with van der Waals surface area (Å²) >= 11 is 2.06. The Bertz CT molecular complexity index is 652. The van der Waals surface area contributed by atoms with Crippen LogP contribution in [0.2, 0.25) is 0 Å². The molecule has 2 aromatic rings. The van der Waals surface area contributed by atoms with Gasteiger partial charge in [-0.25, -0.2) is 4.79 Å². The van der Waals surface area contributed by atoms with E-state index in [1.54, 1.807) is 24.3 Å². The highest BCUT2D eigenvalue weighted by molar-refractivity contribution is 14.1. The highest BCUT2D eigenvalue weighted by Gasteiger charge is 2.15. The molecule has 2 aromatic carbocycles. The third-order valence-electron chi connectivity index (χ3n) is 2.62. The summed E-state index contributed by atoms with van der Waals surface area (Å²) in [5.74, 6) is 0.132. The van der Waals surface area contributed by atoms with Crippen LogP contribution in [0.5, 0.6) is 11.5 Å². The van der Waals surface area contributed by atoms with Gasteiger partial charge in [0.15, 0.2) is 11.5 Å². The summed E-state index contributed by atoms with van der Waals surface area (Å²) in [5, 5.41) is 0. The van der Waals surface area contributed by atoms with Crippen LogP contribution in [0.25, 0.3) is 0 Å². The minimum absolute atomic E-state index is 0.224. The molecule has 0 unspecified atom stereocenters. The Morgan fingerprint density at radius 2 is 1.90 bits per heavy atom. The molecule has 0 fully saturated rings. The van der Waals surface area contributed by atoms with Crippen molar-refractivity contribution >= 4 is 34.8 Å². The first-order valence-corrected chi connectivity index (χ1v) is 6.83. The standard InChI is InChI=1S/C15H11IO4/c1-19-13-7-6-10(9-17)8-14(13)20-15(18)11-4-2-3-5-12(11)16/h2-9H,1H3. The van der Waals surface area contributed by atoms with Gasteiger partial charge in [0.25, 0.3) is 0 Å². The van der Waals surface area contributed by atoms with Crippen LogP contribution in [0.15, 0.2) is 42.5 Å². The van der Waals surface area contributed by atoms with Crippen molar-refractivity contribution in [2.75, 3.05) is 7.11 Å². The fraction of sp³-hybridized carbons (Fsp3) is 0.0667. The molecule has 0 aliphatic carbocycles. The Kier molecular flexibility index (Phi) is 4.73. The Hall–Kier alpha value is -1.89. The molecule has 5 heteroatoms. The number of carbonyl (C=O) groups excluding carboxylic acids is 2. The first-order valence-electron chi connectivity index (χ1n) is 5.75. The largest absolute Gasteiger partial charge is 0.493 e. The van der Waals surface area contributed by atoms with E-state index in [1.165, 1.54) is 13.2 Å². The molecule has 4 nitrogen and oxygen atoms in total. The number of hydrogen-bond donors (Lipinski definition) is 0. The molecule has 0 aliphatic rings. The first kappa shape index (κ1) is 14.5. The number of benzene rings is 2.